The van der Waals surface area contributed by atoms with E-state index in [2.05, 4.69) is 0 Å². The van der Waals surface area contributed by atoms with Crippen molar-refractivity contribution in [2.24, 2.45) is 0 Å². The molecule has 0 bridgehead atoms. The number of hydrogen-bond acceptors (Lipinski definition) is 5. The molecule has 3 rings (SSSR count). The molecular weight excluding hydrogens is 435 g/mol. The number of amides is 1. The lowest BCUT2D eigenvalue weighted by Crippen LogP contribution is -2.51. The summed E-state index contributed by atoms with van der Waals surface area (Å²) in [5.41, 5.74) is -0.584. The van der Waals surface area contributed by atoms with E-state index in [0.29, 0.717) is 17.4 Å². The van der Waals surface area contributed by atoms with Crippen molar-refractivity contribution in [1.82, 2.24) is 9.21 Å². The molecule has 7 nitrogen and oxygen atoms in total. The fourth-order valence-corrected chi connectivity index (χ4v) is 4.49. The molecule has 0 saturated carbocycles. The smallest absolute Gasteiger partial charge is 0.416 e. The van der Waals surface area contributed by atoms with Crippen LogP contribution >= 0.6 is 0 Å². The van der Waals surface area contributed by atoms with Crippen LogP contribution in [0.5, 0.6) is 5.75 Å². The van der Waals surface area contributed by atoms with Crippen molar-refractivity contribution in [3.63, 3.8) is 0 Å². The molecular formula is C20H18F3N3O4S. The Labute approximate surface area is 177 Å². The van der Waals surface area contributed by atoms with Crippen LogP contribution in [0.2, 0.25) is 0 Å². The molecule has 2 aromatic carbocycles. The monoisotopic (exact) mass is 453 g/mol. The molecule has 0 spiro atoms. The molecule has 0 radical (unpaired) electrons. The molecule has 31 heavy (non-hydrogen) atoms. The number of hydrogen-bond donors (Lipinski definition) is 0. The third kappa shape index (κ3) is 5.34. The SMILES string of the molecule is N#Cc1ccc(OCC(=O)N2CCN(S(=O)(=O)c3cccc(C(F)(F)F)c3)CC2)cc1. The number of nitrogens with zero attached hydrogens (tertiary/aromatic N) is 3. The fraction of sp³-hybridized carbons (Fsp3) is 0.300. The standard InChI is InChI=1S/C20H18F3N3O4S/c21-20(22,23)16-2-1-3-18(12-16)31(28,29)26-10-8-25(9-11-26)19(27)14-30-17-6-4-15(13-24)5-7-17/h1-7,12H,8-11,14H2. The van der Waals surface area contributed by atoms with Crippen LogP contribution in [0.15, 0.2) is 53.4 Å². The highest BCUT2D eigenvalue weighted by Crippen LogP contribution is 2.31. The Morgan fingerprint density at radius 2 is 1.71 bits per heavy atom. The molecule has 0 aliphatic carbocycles. The lowest BCUT2D eigenvalue weighted by molar-refractivity contribution is -0.138. The van der Waals surface area contributed by atoms with Crippen molar-refractivity contribution in [3.8, 4) is 11.8 Å². The van der Waals surface area contributed by atoms with E-state index in [1.165, 1.54) is 4.90 Å². The van der Waals surface area contributed by atoms with Gasteiger partial charge in [-0.1, -0.05) is 6.07 Å². The Kier molecular flexibility index (Phi) is 6.52. The molecule has 1 amide bonds. The van der Waals surface area contributed by atoms with Crippen LogP contribution in [0.3, 0.4) is 0 Å². The zero-order chi connectivity index (χ0) is 22.6. The molecule has 0 N–H and O–H groups in total. The summed E-state index contributed by atoms with van der Waals surface area (Å²) in [6.07, 6.45) is -4.65. The first-order valence-electron chi connectivity index (χ1n) is 9.19. The van der Waals surface area contributed by atoms with E-state index in [0.717, 1.165) is 22.5 Å². The van der Waals surface area contributed by atoms with Crippen molar-refractivity contribution in [2.45, 2.75) is 11.1 Å². The first-order valence-corrected chi connectivity index (χ1v) is 10.6. The van der Waals surface area contributed by atoms with Crippen molar-refractivity contribution >= 4 is 15.9 Å². The maximum atomic E-state index is 12.9. The number of benzene rings is 2. The number of carbonyl (C=O) groups excluding carboxylic acids is 1. The average molecular weight is 453 g/mol. The molecule has 11 heteroatoms. The first kappa shape index (κ1) is 22.6. The van der Waals surface area contributed by atoms with Crippen molar-refractivity contribution in [1.29, 1.82) is 5.26 Å². The highest BCUT2D eigenvalue weighted by molar-refractivity contribution is 7.89. The first-order chi connectivity index (χ1) is 14.6. The second-order valence-corrected chi connectivity index (χ2v) is 8.67. The number of nitriles is 1. The van der Waals surface area contributed by atoms with Gasteiger partial charge in [0.1, 0.15) is 5.75 Å². The Morgan fingerprint density at radius 1 is 1.06 bits per heavy atom. The van der Waals surface area contributed by atoms with Crippen LogP contribution in [0.1, 0.15) is 11.1 Å². The quantitative estimate of drug-likeness (QED) is 0.694. The number of rotatable bonds is 5. The normalized spacial score (nSPS) is 15.4. The Balaban J connectivity index is 1.58. The zero-order valence-electron chi connectivity index (χ0n) is 16.2. The summed E-state index contributed by atoms with van der Waals surface area (Å²) in [7, 11) is -4.12. The summed E-state index contributed by atoms with van der Waals surface area (Å²) in [6, 6.07) is 11.8. The fourth-order valence-electron chi connectivity index (χ4n) is 3.02. The van der Waals surface area contributed by atoms with E-state index < -0.39 is 26.7 Å². The maximum Gasteiger partial charge on any atom is 0.416 e. The van der Waals surface area contributed by atoms with Crippen LogP contribution in [-0.4, -0.2) is 56.3 Å². The third-order valence-corrected chi connectivity index (χ3v) is 6.63. The molecule has 1 saturated heterocycles. The molecule has 0 atom stereocenters. The molecule has 1 aliphatic rings. The number of piperazine rings is 1. The predicted molar refractivity (Wildman–Crippen MR) is 103 cm³/mol. The van der Waals surface area contributed by atoms with Gasteiger partial charge in [0.15, 0.2) is 6.61 Å². The van der Waals surface area contributed by atoms with E-state index in [1.54, 1.807) is 24.3 Å². The van der Waals surface area contributed by atoms with Gasteiger partial charge >= 0.3 is 6.18 Å². The van der Waals surface area contributed by atoms with Gasteiger partial charge in [-0.2, -0.15) is 22.7 Å². The summed E-state index contributed by atoms with van der Waals surface area (Å²) >= 11 is 0. The van der Waals surface area contributed by atoms with E-state index in [9.17, 15) is 26.4 Å². The topological polar surface area (TPSA) is 90.7 Å². The number of alkyl halides is 3. The van der Waals surface area contributed by atoms with Gasteiger partial charge in [-0.15, -0.1) is 0 Å². The highest BCUT2D eigenvalue weighted by atomic mass is 32.2. The van der Waals surface area contributed by atoms with E-state index in [1.807, 2.05) is 6.07 Å². The van der Waals surface area contributed by atoms with Crippen LogP contribution in [-0.2, 0) is 21.0 Å². The van der Waals surface area contributed by atoms with Gasteiger partial charge < -0.3 is 9.64 Å². The summed E-state index contributed by atoms with van der Waals surface area (Å²) in [6.45, 7) is -0.157. The second-order valence-electron chi connectivity index (χ2n) is 6.74. The van der Waals surface area contributed by atoms with Crippen LogP contribution < -0.4 is 4.74 Å². The number of sulfonamides is 1. The third-order valence-electron chi connectivity index (χ3n) is 4.74. The molecule has 0 aromatic heterocycles. The Hall–Kier alpha value is -3.10. The van der Waals surface area contributed by atoms with Gasteiger partial charge in [0.2, 0.25) is 10.0 Å². The Morgan fingerprint density at radius 3 is 2.29 bits per heavy atom. The minimum Gasteiger partial charge on any atom is -0.484 e. The lowest BCUT2D eigenvalue weighted by atomic mass is 10.2. The van der Waals surface area contributed by atoms with Gasteiger partial charge in [0, 0.05) is 26.2 Å². The molecule has 164 valence electrons. The summed E-state index contributed by atoms with van der Waals surface area (Å²) in [4.78, 5) is 13.3. The number of carbonyl (C=O) groups is 1. The molecule has 1 fully saturated rings. The number of ether oxygens (including phenoxy) is 1. The minimum atomic E-state index is -4.65. The van der Waals surface area contributed by atoms with Crippen LogP contribution in [0.4, 0.5) is 13.2 Å². The molecule has 1 heterocycles. The zero-order valence-corrected chi connectivity index (χ0v) is 17.0. The second kappa shape index (κ2) is 8.95. The highest BCUT2D eigenvalue weighted by Gasteiger charge is 2.34. The minimum absolute atomic E-state index is 0.0405. The summed E-state index contributed by atoms with van der Waals surface area (Å²) in [5.74, 6) is 0.0681. The van der Waals surface area contributed by atoms with Crippen molar-refractivity contribution in [3.05, 3.63) is 59.7 Å². The average Bonchev–Trinajstić information content (AvgIpc) is 2.77. The van der Waals surface area contributed by atoms with Gasteiger partial charge in [0.25, 0.3) is 5.91 Å². The van der Waals surface area contributed by atoms with Crippen LogP contribution in [0, 0.1) is 11.3 Å². The van der Waals surface area contributed by atoms with Gasteiger partial charge in [-0.3, -0.25) is 4.79 Å². The summed E-state index contributed by atoms with van der Waals surface area (Å²) < 4.78 is 70.6. The van der Waals surface area contributed by atoms with E-state index in [4.69, 9.17) is 10.00 Å². The maximum absolute atomic E-state index is 12.9. The lowest BCUT2D eigenvalue weighted by Gasteiger charge is -2.34. The molecule has 2 aromatic rings. The molecule has 1 aliphatic heterocycles. The Bertz CT molecular complexity index is 1090. The largest absolute Gasteiger partial charge is 0.484 e. The van der Waals surface area contributed by atoms with Gasteiger partial charge in [0.05, 0.1) is 22.1 Å². The van der Waals surface area contributed by atoms with Crippen molar-refractivity contribution < 1.29 is 31.1 Å². The van der Waals surface area contributed by atoms with Gasteiger partial charge in [-0.25, -0.2) is 8.42 Å². The van der Waals surface area contributed by atoms with E-state index in [-0.39, 0.29) is 38.7 Å². The van der Waals surface area contributed by atoms with Gasteiger partial charge in [-0.05, 0) is 42.5 Å². The van der Waals surface area contributed by atoms with Crippen molar-refractivity contribution in [2.75, 3.05) is 32.8 Å². The van der Waals surface area contributed by atoms with Crippen LogP contribution in [0.25, 0.3) is 0 Å². The predicted octanol–water partition coefficient (Wildman–Crippen LogP) is 2.49. The number of halogens is 3. The van der Waals surface area contributed by atoms with E-state index >= 15 is 0 Å². The summed E-state index contributed by atoms with van der Waals surface area (Å²) in [5, 5.41) is 8.77. The molecule has 0 unspecified atom stereocenters.